The SMILES string of the molecule is CN[C@H]1CC[C@@](C(=O)NC(C)c2cc(C(F)(F)F)cc(C(F)(F)F)c2)(c2ccccc2)CC1. The van der Waals surface area contributed by atoms with Crippen LogP contribution in [0.5, 0.6) is 0 Å². The fourth-order valence-corrected chi connectivity index (χ4v) is 4.45. The molecule has 1 saturated carbocycles. The molecule has 1 aliphatic carbocycles. The molecule has 9 heteroatoms. The van der Waals surface area contributed by atoms with Gasteiger partial charge in [-0.3, -0.25) is 4.79 Å². The zero-order valence-corrected chi connectivity index (χ0v) is 18.3. The zero-order chi connectivity index (χ0) is 24.4. The fourth-order valence-electron chi connectivity index (χ4n) is 4.45. The van der Waals surface area contributed by atoms with E-state index in [1.807, 2.05) is 25.2 Å². The van der Waals surface area contributed by atoms with E-state index >= 15 is 0 Å². The Morgan fingerprint density at radius 1 is 0.939 bits per heavy atom. The van der Waals surface area contributed by atoms with Crippen LogP contribution >= 0.6 is 0 Å². The van der Waals surface area contributed by atoms with Gasteiger partial charge in [0.15, 0.2) is 0 Å². The van der Waals surface area contributed by atoms with Crippen molar-refractivity contribution < 1.29 is 31.1 Å². The van der Waals surface area contributed by atoms with Gasteiger partial charge in [-0.05, 0) is 69.0 Å². The van der Waals surface area contributed by atoms with Gasteiger partial charge in [-0.2, -0.15) is 26.3 Å². The summed E-state index contributed by atoms with van der Waals surface area (Å²) in [5, 5.41) is 5.90. The minimum atomic E-state index is -4.95. The second-order valence-electron chi connectivity index (χ2n) is 8.55. The van der Waals surface area contributed by atoms with Crippen molar-refractivity contribution >= 4 is 5.91 Å². The first-order valence-corrected chi connectivity index (χ1v) is 10.7. The molecular formula is C24H26F6N2O. The molecule has 1 atom stereocenters. The molecule has 0 aliphatic heterocycles. The number of halogens is 6. The summed E-state index contributed by atoms with van der Waals surface area (Å²) in [6.07, 6.45) is -7.44. The van der Waals surface area contributed by atoms with E-state index in [-0.39, 0.29) is 17.7 Å². The van der Waals surface area contributed by atoms with Gasteiger partial charge in [-0.1, -0.05) is 30.3 Å². The quantitative estimate of drug-likeness (QED) is 0.524. The Bertz CT molecular complexity index is 931. The van der Waals surface area contributed by atoms with E-state index < -0.39 is 40.8 Å². The summed E-state index contributed by atoms with van der Waals surface area (Å²) in [5.74, 6) is -0.401. The topological polar surface area (TPSA) is 41.1 Å². The molecule has 0 aromatic heterocycles. The van der Waals surface area contributed by atoms with Crippen LogP contribution in [-0.2, 0) is 22.6 Å². The molecule has 180 valence electrons. The number of carbonyl (C=O) groups excluding carboxylic acids is 1. The van der Waals surface area contributed by atoms with Gasteiger partial charge in [-0.25, -0.2) is 0 Å². The third-order valence-corrected chi connectivity index (χ3v) is 6.47. The Hall–Kier alpha value is -2.55. The van der Waals surface area contributed by atoms with E-state index in [0.717, 1.165) is 18.4 Å². The van der Waals surface area contributed by atoms with Crippen molar-refractivity contribution in [3.05, 3.63) is 70.8 Å². The molecule has 1 aliphatic rings. The van der Waals surface area contributed by atoms with Gasteiger partial charge in [0, 0.05) is 6.04 Å². The molecule has 3 rings (SSSR count). The highest BCUT2D eigenvalue weighted by Gasteiger charge is 2.44. The number of benzene rings is 2. The first-order chi connectivity index (χ1) is 15.4. The number of hydrogen-bond donors (Lipinski definition) is 2. The van der Waals surface area contributed by atoms with Crippen molar-refractivity contribution in [1.82, 2.24) is 10.6 Å². The van der Waals surface area contributed by atoms with Gasteiger partial charge in [0.05, 0.1) is 22.6 Å². The predicted octanol–water partition coefficient (Wildman–Crippen LogP) is 6.00. The maximum atomic E-state index is 13.5. The maximum Gasteiger partial charge on any atom is 0.416 e. The van der Waals surface area contributed by atoms with Crippen LogP contribution < -0.4 is 10.6 Å². The largest absolute Gasteiger partial charge is 0.416 e. The third-order valence-electron chi connectivity index (χ3n) is 6.47. The number of alkyl halides is 6. The van der Waals surface area contributed by atoms with E-state index in [2.05, 4.69) is 10.6 Å². The van der Waals surface area contributed by atoms with E-state index in [1.165, 1.54) is 6.92 Å². The summed E-state index contributed by atoms with van der Waals surface area (Å²) < 4.78 is 79.5. The second-order valence-corrected chi connectivity index (χ2v) is 8.55. The van der Waals surface area contributed by atoms with Crippen LogP contribution in [0.1, 0.15) is 60.9 Å². The lowest BCUT2D eigenvalue weighted by molar-refractivity contribution is -0.143. The molecule has 1 amide bonds. The normalized spacial score (nSPS) is 22.6. The summed E-state index contributed by atoms with van der Waals surface area (Å²) in [6.45, 7) is 1.39. The molecule has 2 aromatic carbocycles. The molecular weight excluding hydrogens is 446 g/mol. The average molecular weight is 472 g/mol. The number of rotatable bonds is 5. The second kappa shape index (κ2) is 9.37. The zero-order valence-electron chi connectivity index (χ0n) is 18.3. The van der Waals surface area contributed by atoms with E-state index in [1.54, 1.807) is 12.1 Å². The van der Waals surface area contributed by atoms with Crippen molar-refractivity contribution in [3.8, 4) is 0 Å². The van der Waals surface area contributed by atoms with E-state index in [9.17, 15) is 31.1 Å². The number of nitrogens with one attached hydrogen (secondary N) is 2. The number of hydrogen-bond acceptors (Lipinski definition) is 2. The summed E-state index contributed by atoms with van der Waals surface area (Å²) in [6, 6.07) is 9.68. The van der Waals surface area contributed by atoms with Crippen LogP contribution in [0.4, 0.5) is 26.3 Å². The lowest BCUT2D eigenvalue weighted by Gasteiger charge is -2.40. The van der Waals surface area contributed by atoms with Crippen molar-refractivity contribution in [2.24, 2.45) is 0 Å². The molecule has 3 nitrogen and oxygen atoms in total. The van der Waals surface area contributed by atoms with Crippen LogP contribution in [0.15, 0.2) is 48.5 Å². The minimum Gasteiger partial charge on any atom is -0.349 e. The Labute approximate surface area is 188 Å². The lowest BCUT2D eigenvalue weighted by Crippen LogP contribution is -2.49. The maximum absolute atomic E-state index is 13.5. The van der Waals surface area contributed by atoms with Gasteiger partial charge in [0.25, 0.3) is 0 Å². The van der Waals surface area contributed by atoms with Crippen LogP contribution in [0.3, 0.4) is 0 Å². The predicted molar refractivity (Wildman–Crippen MR) is 112 cm³/mol. The van der Waals surface area contributed by atoms with Crippen LogP contribution in [0.2, 0.25) is 0 Å². The molecule has 0 bridgehead atoms. The van der Waals surface area contributed by atoms with E-state index in [4.69, 9.17) is 0 Å². The highest BCUT2D eigenvalue weighted by Crippen LogP contribution is 2.41. The Balaban J connectivity index is 1.94. The Morgan fingerprint density at radius 3 is 1.91 bits per heavy atom. The molecule has 0 radical (unpaired) electrons. The Morgan fingerprint density at radius 2 is 1.45 bits per heavy atom. The highest BCUT2D eigenvalue weighted by molar-refractivity contribution is 5.88. The van der Waals surface area contributed by atoms with Gasteiger partial charge >= 0.3 is 12.4 Å². The molecule has 1 unspecified atom stereocenters. The summed E-state index contributed by atoms with van der Waals surface area (Å²) >= 11 is 0. The number of amides is 1. The van der Waals surface area contributed by atoms with Crippen molar-refractivity contribution in [3.63, 3.8) is 0 Å². The van der Waals surface area contributed by atoms with Gasteiger partial charge in [0.2, 0.25) is 5.91 Å². The van der Waals surface area contributed by atoms with Crippen molar-refractivity contribution in [2.75, 3.05) is 7.05 Å². The third kappa shape index (κ3) is 5.51. The minimum absolute atomic E-state index is 0.0858. The van der Waals surface area contributed by atoms with Crippen LogP contribution in [0.25, 0.3) is 0 Å². The molecule has 1 fully saturated rings. The summed E-state index contributed by atoms with van der Waals surface area (Å²) in [4.78, 5) is 13.5. The lowest BCUT2D eigenvalue weighted by atomic mass is 9.67. The standard InChI is InChI=1S/C24H26F6N2O/c1-15(16-12-18(23(25,26)27)14-19(13-16)24(28,29)30)32-21(33)22(17-6-4-3-5-7-17)10-8-20(31-2)9-11-22/h3-7,12-15,20,31H,8-11H2,1-2H3,(H,32,33)/t15?,20-,22-. The Kier molecular flexibility index (Phi) is 7.12. The average Bonchev–Trinajstić information content (AvgIpc) is 2.78. The molecule has 2 N–H and O–H groups in total. The molecule has 0 spiro atoms. The first-order valence-electron chi connectivity index (χ1n) is 10.7. The van der Waals surface area contributed by atoms with Gasteiger partial charge < -0.3 is 10.6 Å². The summed E-state index contributed by atoms with van der Waals surface area (Å²) in [5.41, 5.74) is -3.18. The van der Waals surface area contributed by atoms with Crippen molar-refractivity contribution in [2.45, 2.75) is 62.5 Å². The highest BCUT2D eigenvalue weighted by atomic mass is 19.4. The summed E-state index contributed by atoms with van der Waals surface area (Å²) in [7, 11) is 1.84. The molecule has 0 heterocycles. The van der Waals surface area contributed by atoms with Gasteiger partial charge in [0.1, 0.15) is 0 Å². The molecule has 2 aromatic rings. The first kappa shape index (κ1) is 25.1. The molecule has 33 heavy (non-hydrogen) atoms. The number of carbonyl (C=O) groups is 1. The fraction of sp³-hybridized carbons (Fsp3) is 0.458. The van der Waals surface area contributed by atoms with Crippen LogP contribution in [-0.4, -0.2) is 19.0 Å². The van der Waals surface area contributed by atoms with E-state index in [0.29, 0.717) is 25.0 Å². The van der Waals surface area contributed by atoms with Crippen molar-refractivity contribution in [1.29, 1.82) is 0 Å². The molecule has 0 saturated heterocycles. The van der Waals surface area contributed by atoms with Crippen LogP contribution in [0, 0.1) is 0 Å². The monoisotopic (exact) mass is 472 g/mol. The smallest absolute Gasteiger partial charge is 0.349 e. The van der Waals surface area contributed by atoms with Gasteiger partial charge in [-0.15, -0.1) is 0 Å².